The molecule has 0 heterocycles. The number of benzene rings is 2. The van der Waals surface area contributed by atoms with Crippen LogP contribution in [0.15, 0.2) is 55.1 Å². The minimum absolute atomic E-state index is 0.00275. The van der Waals surface area contributed by atoms with Crippen LogP contribution in [0.3, 0.4) is 0 Å². The molecule has 8 heteroatoms. The predicted octanol–water partition coefficient (Wildman–Crippen LogP) is 5.25. The van der Waals surface area contributed by atoms with Gasteiger partial charge in [0.1, 0.15) is 23.4 Å². The Morgan fingerprint density at radius 1 is 1.05 bits per heavy atom. The van der Waals surface area contributed by atoms with Gasteiger partial charge in [0.15, 0.2) is 0 Å². The summed E-state index contributed by atoms with van der Waals surface area (Å²) in [6.45, 7) is 16.3. The Labute approximate surface area is 219 Å². The fourth-order valence-corrected chi connectivity index (χ4v) is 3.96. The molecule has 200 valence electrons. The van der Waals surface area contributed by atoms with Crippen molar-refractivity contribution in [2.45, 2.75) is 66.2 Å². The molecule has 2 unspecified atom stereocenters. The molecule has 0 aliphatic heterocycles. The van der Waals surface area contributed by atoms with Crippen molar-refractivity contribution in [1.82, 2.24) is 10.2 Å². The predicted molar refractivity (Wildman–Crippen MR) is 145 cm³/mol. The van der Waals surface area contributed by atoms with Crippen LogP contribution in [-0.2, 0) is 14.3 Å². The van der Waals surface area contributed by atoms with Crippen LogP contribution in [0.2, 0.25) is 0 Å². The van der Waals surface area contributed by atoms with Crippen LogP contribution >= 0.6 is 0 Å². The summed E-state index contributed by atoms with van der Waals surface area (Å²) in [6.07, 6.45) is 0.763. The Bertz CT molecular complexity index is 1120. The van der Waals surface area contributed by atoms with Crippen molar-refractivity contribution in [2.24, 2.45) is 5.92 Å². The number of alkyl carbamates (subject to hydrolysis) is 1. The molecular weight excluding hydrogens is 470 g/mol. The van der Waals surface area contributed by atoms with Crippen LogP contribution in [0.5, 0.6) is 5.75 Å². The molecule has 0 radical (unpaired) electrons. The zero-order valence-corrected chi connectivity index (χ0v) is 22.8. The van der Waals surface area contributed by atoms with E-state index in [9.17, 15) is 19.5 Å². The molecule has 0 spiro atoms. The number of anilines is 1. The highest BCUT2D eigenvalue weighted by Gasteiger charge is 2.38. The van der Waals surface area contributed by atoms with Gasteiger partial charge in [-0.05, 0) is 57.7 Å². The number of nitrogens with one attached hydrogen (secondary N) is 2. The summed E-state index contributed by atoms with van der Waals surface area (Å²) in [4.78, 5) is 41.6. The van der Waals surface area contributed by atoms with E-state index in [4.69, 9.17) is 4.74 Å². The van der Waals surface area contributed by atoms with Crippen LogP contribution in [0.4, 0.5) is 10.5 Å². The smallest absolute Gasteiger partial charge is 0.408 e. The number of para-hydroxylation sites is 2. The van der Waals surface area contributed by atoms with Gasteiger partial charge in [0.2, 0.25) is 5.91 Å². The summed E-state index contributed by atoms with van der Waals surface area (Å²) in [5, 5.41) is 16.3. The number of nitrogens with zero attached hydrogens (tertiary/aromatic N) is 1. The molecule has 8 nitrogen and oxygen atoms in total. The van der Waals surface area contributed by atoms with Crippen LogP contribution in [-0.4, -0.2) is 46.1 Å². The maximum absolute atomic E-state index is 13.9. The molecule has 3 amide bonds. The van der Waals surface area contributed by atoms with Crippen LogP contribution in [0, 0.1) is 19.8 Å². The zero-order valence-electron chi connectivity index (χ0n) is 22.8. The van der Waals surface area contributed by atoms with Crippen molar-refractivity contribution in [3.63, 3.8) is 0 Å². The Kier molecular flexibility index (Phi) is 9.88. The first kappa shape index (κ1) is 29.4. The lowest BCUT2D eigenvalue weighted by Crippen LogP contribution is -2.54. The number of carbonyl (C=O) groups excluding carboxylic acids is 3. The van der Waals surface area contributed by atoms with Gasteiger partial charge >= 0.3 is 6.09 Å². The molecule has 0 saturated carbocycles. The number of carbonyl (C=O) groups is 3. The minimum atomic E-state index is -1.20. The van der Waals surface area contributed by atoms with E-state index in [-0.39, 0.29) is 23.8 Å². The topological polar surface area (TPSA) is 108 Å². The second-order valence-electron chi connectivity index (χ2n) is 10.4. The first-order valence-electron chi connectivity index (χ1n) is 12.3. The average molecular weight is 510 g/mol. The largest absolute Gasteiger partial charge is 0.508 e. The molecule has 0 aliphatic rings. The molecule has 2 aromatic rings. The molecular formula is C29H39N3O5. The normalized spacial score (nSPS) is 12.9. The number of phenolic OH excluding ortho intramolecular Hbond substituents is 1. The third-order valence-electron chi connectivity index (χ3n) is 5.73. The van der Waals surface area contributed by atoms with Gasteiger partial charge in [-0.1, -0.05) is 56.3 Å². The highest BCUT2D eigenvalue weighted by molar-refractivity contribution is 6.00. The van der Waals surface area contributed by atoms with E-state index < -0.39 is 35.6 Å². The van der Waals surface area contributed by atoms with Gasteiger partial charge in [0.25, 0.3) is 5.91 Å². The lowest BCUT2D eigenvalue weighted by atomic mass is 9.98. The number of hydrogen-bond donors (Lipinski definition) is 3. The van der Waals surface area contributed by atoms with E-state index in [1.165, 1.54) is 17.0 Å². The Hall–Kier alpha value is -3.81. The van der Waals surface area contributed by atoms with E-state index in [1.54, 1.807) is 52.8 Å². The fraction of sp³-hybridized carbons (Fsp3) is 0.414. The van der Waals surface area contributed by atoms with E-state index >= 15 is 0 Å². The second kappa shape index (κ2) is 12.4. The number of aromatic hydroxyl groups is 1. The number of rotatable bonds is 9. The van der Waals surface area contributed by atoms with Gasteiger partial charge in [-0.3, -0.25) is 9.59 Å². The van der Waals surface area contributed by atoms with Crippen molar-refractivity contribution in [3.8, 4) is 5.75 Å². The van der Waals surface area contributed by atoms with Gasteiger partial charge in [0.05, 0.1) is 0 Å². The highest BCUT2D eigenvalue weighted by atomic mass is 16.6. The summed E-state index contributed by atoms with van der Waals surface area (Å²) in [5.74, 6) is -1.47. The van der Waals surface area contributed by atoms with Crippen molar-refractivity contribution >= 4 is 23.6 Å². The maximum Gasteiger partial charge on any atom is 0.408 e. The molecule has 0 bridgehead atoms. The van der Waals surface area contributed by atoms with Crippen LogP contribution in [0.25, 0.3) is 0 Å². The third kappa shape index (κ3) is 7.84. The molecule has 0 aromatic heterocycles. The first-order valence-corrected chi connectivity index (χ1v) is 12.3. The van der Waals surface area contributed by atoms with Gasteiger partial charge in [-0.2, -0.15) is 0 Å². The number of ether oxygens (including phenoxy) is 1. The molecule has 3 N–H and O–H groups in total. The Morgan fingerprint density at radius 3 is 2.16 bits per heavy atom. The standard InChI is InChI=1S/C29H39N3O5/c1-9-17-32(27(35)23(18(2)3)31-28(36)37-29(6,7)8)25(21-15-10-11-16-22(21)33)26(34)30-24-19(4)13-12-14-20(24)5/h9-16,18,23,25,33H,1,17H2,2-8H3,(H,30,34)(H,31,36). The summed E-state index contributed by atoms with van der Waals surface area (Å²) in [6, 6.07) is 9.84. The van der Waals surface area contributed by atoms with Gasteiger partial charge in [0, 0.05) is 17.8 Å². The summed E-state index contributed by atoms with van der Waals surface area (Å²) in [5.41, 5.74) is 1.85. The third-order valence-corrected chi connectivity index (χ3v) is 5.73. The van der Waals surface area contributed by atoms with E-state index in [2.05, 4.69) is 17.2 Å². The number of aryl methyl sites for hydroxylation is 2. The Morgan fingerprint density at radius 2 is 1.65 bits per heavy atom. The van der Waals surface area contributed by atoms with E-state index in [0.717, 1.165) is 11.1 Å². The molecule has 0 fully saturated rings. The molecule has 2 atom stereocenters. The quantitative estimate of drug-likeness (QED) is 0.400. The van der Waals surface area contributed by atoms with Crippen LogP contribution < -0.4 is 10.6 Å². The van der Waals surface area contributed by atoms with Gasteiger partial charge < -0.3 is 25.4 Å². The average Bonchev–Trinajstić information content (AvgIpc) is 2.79. The molecule has 0 aliphatic carbocycles. The monoisotopic (exact) mass is 509 g/mol. The van der Waals surface area contributed by atoms with Crippen molar-refractivity contribution in [1.29, 1.82) is 0 Å². The number of amides is 3. The fourth-order valence-electron chi connectivity index (χ4n) is 3.96. The zero-order chi connectivity index (χ0) is 27.9. The van der Waals surface area contributed by atoms with Gasteiger partial charge in [-0.25, -0.2) is 4.79 Å². The first-order chi connectivity index (χ1) is 17.3. The molecule has 0 saturated heterocycles. The SMILES string of the molecule is C=CCN(C(=O)C(NC(=O)OC(C)(C)C)C(C)C)C(C(=O)Nc1c(C)cccc1C)c1ccccc1O. The van der Waals surface area contributed by atoms with Crippen LogP contribution in [0.1, 0.15) is 57.4 Å². The summed E-state index contributed by atoms with van der Waals surface area (Å²) >= 11 is 0. The number of phenols is 1. The lowest BCUT2D eigenvalue weighted by molar-refractivity contribution is -0.141. The van der Waals surface area contributed by atoms with Gasteiger partial charge in [-0.15, -0.1) is 6.58 Å². The lowest BCUT2D eigenvalue weighted by Gasteiger charge is -2.35. The van der Waals surface area contributed by atoms with E-state index in [1.807, 2.05) is 32.0 Å². The van der Waals surface area contributed by atoms with Crippen molar-refractivity contribution in [2.75, 3.05) is 11.9 Å². The van der Waals surface area contributed by atoms with Crippen molar-refractivity contribution in [3.05, 3.63) is 71.8 Å². The summed E-state index contributed by atoms with van der Waals surface area (Å²) in [7, 11) is 0. The number of hydrogen-bond acceptors (Lipinski definition) is 5. The minimum Gasteiger partial charge on any atom is -0.508 e. The Balaban J connectivity index is 2.55. The van der Waals surface area contributed by atoms with E-state index in [0.29, 0.717) is 5.69 Å². The summed E-state index contributed by atoms with van der Waals surface area (Å²) < 4.78 is 5.37. The van der Waals surface area contributed by atoms with Crippen molar-refractivity contribution < 1.29 is 24.2 Å². The molecule has 2 aromatic carbocycles. The maximum atomic E-state index is 13.9. The molecule has 2 rings (SSSR count). The highest BCUT2D eigenvalue weighted by Crippen LogP contribution is 2.32. The second-order valence-corrected chi connectivity index (χ2v) is 10.4. The molecule has 37 heavy (non-hydrogen) atoms.